The monoisotopic (exact) mass is 265 g/mol. The molecular formula is C14H19NO4. The Balaban J connectivity index is 2.42. The van der Waals surface area contributed by atoms with Gasteiger partial charge in [-0.15, -0.1) is 0 Å². The van der Waals surface area contributed by atoms with Crippen LogP contribution in [-0.2, 0) is 9.59 Å². The SMILES string of the molecule is Cc1cccc(C)c1OCCC(=O)N[C@@H](C)C(=O)O. The molecule has 0 radical (unpaired) electrons. The van der Waals surface area contributed by atoms with Gasteiger partial charge in [-0.1, -0.05) is 18.2 Å². The van der Waals surface area contributed by atoms with E-state index in [0.29, 0.717) is 0 Å². The van der Waals surface area contributed by atoms with Gasteiger partial charge in [0.25, 0.3) is 0 Å². The van der Waals surface area contributed by atoms with Gasteiger partial charge in [0, 0.05) is 0 Å². The Labute approximate surface area is 112 Å². The number of benzene rings is 1. The summed E-state index contributed by atoms with van der Waals surface area (Å²) in [6.07, 6.45) is 0.130. The number of aryl methyl sites for hydroxylation is 2. The largest absolute Gasteiger partial charge is 0.493 e. The van der Waals surface area contributed by atoms with Crippen LogP contribution in [0, 0.1) is 13.8 Å². The van der Waals surface area contributed by atoms with Crippen LogP contribution in [0.2, 0.25) is 0 Å². The van der Waals surface area contributed by atoms with E-state index in [1.807, 2.05) is 32.0 Å². The first kappa shape index (κ1) is 15.0. The van der Waals surface area contributed by atoms with Crippen LogP contribution in [0.4, 0.5) is 0 Å². The second-order valence-electron chi connectivity index (χ2n) is 4.45. The highest BCUT2D eigenvalue weighted by Gasteiger charge is 2.13. The summed E-state index contributed by atoms with van der Waals surface area (Å²) < 4.78 is 5.57. The number of amides is 1. The highest BCUT2D eigenvalue weighted by atomic mass is 16.5. The van der Waals surface area contributed by atoms with Crippen LogP contribution in [0.1, 0.15) is 24.5 Å². The summed E-state index contributed by atoms with van der Waals surface area (Å²) in [5, 5.41) is 11.0. The topological polar surface area (TPSA) is 75.6 Å². The number of carbonyl (C=O) groups excluding carboxylic acids is 1. The maximum absolute atomic E-state index is 11.5. The quantitative estimate of drug-likeness (QED) is 0.820. The number of hydrogen-bond acceptors (Lipinski definition) is 3. The Hall–Kier alpha value is -2.04. The van der Waals surface area contributed by atoms with Crippen molar-refractivity contribution in [2.24, 2.45) is 0 Å². The van der Waals surface area contributed by atoms with E-state index in [1.165, 1.54) is 6.92 Å². The summed E-state index contributed by atoms with van der Waals surface area (Å²) in [5.74, 6) is -0.605. The zero-order valence-electron chi connectivity index (χ0n) is 11.4. The summed E-state index contributed by atoms with van der Waals surface area (Å²) >= 11 is 0. The molecule has 0 aliphatic carbocycles. The molecule has 1 rings (SSSR count). The first-order chi connectivity index (χ1) is 8.91. The smallest absolute Gasteiger partial charge is 0.325 e. The third-order valence-corrected chi connectivity index (χ3v) is 2.73. The Kier molecular flexibility index (Phi) is 5.36. The molecule has 0 unspecified atom stereocenters. The molecule has 0 spiro atoms. The zero-order chi connectivity index (χ0) is 14.4. The number of aliphatic carboxylic acids is 1. The van der Waals surface area contributed by atoms with Gasteiger partial charge in [0.1, 0.15) is 11.8 Å². The van der Waals surface area contributed by atoms with Crippen molar-refractivity contribution in [1.82, 2.24) is 5.32 Å². The van der Waals surface area contributed by atoms with E-state index in [2.05, 4.69) is 5.32 Å². The summed E-state index contributed by atoms with van der Waals surface area (Å²) in [6, 6.07) is 4.94. The van der Waals surface area contributed by atoms with Gasteiger partial charge < -0.3 is 15.2 Å². The lowest BCUT2D eigenvalue weighted by Gasteiger charge is -2.12. The summed E-state index contributed by atoms with van der Waals surface area (Å²) in [5.41, 5.74) is 2.03. The van der Waals surface area contributed by atoms with Crippen molar-refractivity contribution < 1.29 is 19.4 Å². The Morgan fingerprint density at radius 3 is 2.42 bits per heavy atom. The standard InChI is InChI=1S/C14H19NO4/c1-9-5-4-6-10(2)13(9)19-8-7-12(16)15-11(3)14(17)18/h4-6,11H,7-8H2,1-3H3,(H,15,16)(H,17,18)/t11-/m0/s1. The van der Waals surface area contributed by atoms with E-state index in [9.17, 15) is 9.59 Å². The van der Waals surface area contributed by atoms with Crippen LogP contribution in [0.3, 0.4) is 0 Å². The minimum absolute atomic E-state index is 0.130. The normalized spacial score (nSPS) is 11.7. The second kappa shape index (κ2) is 6.78. The molecule has 0 fully saturated rings. The van der Waals surface area contributed by atoms with E-state index in [0.717, 1.165) is 16.9 Å². The van der Waals surface area contributed by atoms with Crippen molar-refractivity contribution in [3.05, 3.63) is 29.3 Å². The number of carboxylic acid groups (broad SMARTS) is 1. The zero-order valence-corrected chi connectivity index (χ0v) is 11.4. The van der Waals surface area contributed by atoms with E-state index in [1.54, 1.807) is 0 Å². The van der Waals surface area contributed by atoms with Crippen LogP contribution in [0.5, 0.6) is 5.75 Å². The van der Waals surface area contributed by atoms with Crippen molar-refractivity contribution >= 4 is 11.9 Å². The average molecular weight is 265 g/mol. The predicted molar refractivity (Wildman–Crippen MR) is 71.3 cm³/mol. The Bertz CT molecular complexity index is 450. The lowest BCUT2D eigenvalue weighted by Crippen LogP contribution is -2.38. The lowest BCUT2D eigenvalue weighted by molar-refractivity contribution is -0.141. The van der Waals surface area contributed by atoms with Gasteiger partial charge >= 0.3 is 5.97 Å². The minimum Gasteiger partial charge on any atom is -0.493 e. The van der Waals surface area contributed by atoms with Crippen LogP contribution in [0.15, 0.2) is 18.2 Å². The third kappa shape index (κ3) is 4.62. The van der Waals surface area contributed by atoms with Gasteiger partial charge in [0.15, 0.2) is 0 Å². The number of carboxylic acids is 1. The van der Waals surface area contributed by atoms with Crippen molar-refractivity contribution in [2.45, 2.75) is 33.2 Å². The molecule has 0 saturated heterocycles. The van der Waals surface area contributed by atoms with Gasteiger partial charge in [0.2, 0.25) is 5.91 Å². The van der Waals surface area contributed by atoms with Gasteiger partial charge in [-0.3, -0.25) is 9.59 Å². The molecule has 0 aromatic heterocycles. The van der Waals surface area contributed by atoms with Crippen molar-refractivity contribution in [1.29, 1.82) is 0 Å². The number of para-hydroxylation sites is 1. The van der Waals surface area contributed by atoms with Crippen LogP contribution in [-0.4, -0.2) is 29.6 Å². The fraction of sp³-hybridized carbons (Fsp3) is 0.429. The number of carbonyl (C=O) groups is 2. The van der Waals surface area contributed by atoms with E-state index in [4.69, 9.17) is 9.84 Å². The number of ether oxygens (including phenoxy) is 1. The van der Waals surface area contributed by atoms with E-state index >= 15 is 0 Å². The molecule has 1 atom stereocenters. The van der Waals surface area contributed by atoms with Crippen molar-refractivity contribution in [3.8, 4) is 5.75 Å². The summed E-state index contributed by atoms with van der Waals surface area (Å²) in [6.45, 7) is 5.53. The molecule has 1 aromatic rings. The lowest BCUT2D eigenvalue weighted by atomic mass is 10.1. The van der Waals surface area contributed by atoms with Crippen molar-refractivity contribution in [3.63, 3.8) is 0 Å². The van der Waals surface area contributed by atoms with Crippen LogP contribution >= 0.6 is 0 Å². The van der Waals surface area contributed by atoms with Gasteiger partial charge in [-0.25, -0.2) is 0 Å². The molecule has 0 aliphatic heterocycles. The molecule has 1 amide bonds. The number of hydrogen-bond donors (Lipinski definition) is 2. The van der Waals surface area contributed by atoms with Crippen molar-refractivity contribution in [2.75, 3.05) is 6.61 Å². The fourth-order valence-corrected chi connectivity index (χ4v) is 1.65. The molecule has 1 aromatic carbocycles. The molecule has 2 N–H and O–H groups in total. The highest BCUT2D eigenvalue weighted by Crippen LogP contribution is 2.22. The molecule has 5 nitrogen and oxygen atoms in total. The molecule has 104 valence electrons. The molecule has 0 bridgehead atoms. The molecule has 0 heterocycles. The summed E-state index contributed by atoms with van der Waals surface area (Å²) in [7, 11) is 0. The highest BCUT2D eigenvalue weighted by molar-refractivity contribution is 5.83. The first-order valence-electron chi connectivity index (χ1n) is 6.13. The maximum atomic E-state index is 11.5. The molecule has 0 aliphatic rings. The van der Waals surface area contributed by atoms with Gasteiger partial charge in [-0.05, 0) is 31.9 Å². The van der Waals surface area contributed by atoms with Crippen LogP contribution < -0.4 is 10.1 Å². The molecular weight excluding hydrogens is 246 g/mol. The van der Waals surface area contributed by atoms with Gasteiger partial charge in [-0.2, -0.15) is 0 Å². The Morgan fingerprint density at radius 2 is 1.89 bits per heavy atom. The summed E-state index contributed by atoms with van der Waals surface area (Å²) in [4.78, 5) is 22.0. The van der Waals surface area contributed by atoms with Crippen LogP contribution in [0.25, 0.3) is 0 Å². The first-order valence-corrected chi connectivity index (χ1v) is 6.13. The average Bonchev–Trinajstić information content (AvgIpc) is 2.32. The third-order valence-electron chi connectivity index (χ3n) is 2.73. The van der Waals surface area contributed by atoms with E-state index < -0.39 is 12.0 Å². The predicted octanol–water partition coefficient (Wildman–Crippen LogP) is 1.66. The maximum Gasteiger partial charge on any atom is 0.325 e. The van der Waals surface area contributed by atoms with E-state index in [-0.39, 0.29) is 18.9 Å². The number of rotatable bonds is 6. The molecule has 5 heteroatoms. The fourth-order valence-electron chi connectivity index (χ4n) is 1.65. The Morgan fingerprint density at radius 1 is 1.32 bits per heavy atom. The van der Waals surface area contributed by atoms with Gasteiger partial charge in [0.05, 0.1) is 13.0 Å². The molecule has 19 heavy (non-hydrogen) atoms. The minimum atomic E-state index is -1.05. The second-order valence-corrected chi connectivity index (χ2v) is 4.45. The molecule has 0 saturated carbocycles. The number of nitrogens with one attached hydrogen (secondary N) is 1.